The van der Waals surface area contributed by atoms with Gasteiger partial charge in [0.25, 0.3) is 0 Å². The van der Waals surface area contributed by atoms with Crippen molar-refractivity contribution >= 4 is 11.3 Å². The number of nitrogens with zero attached hydrogens (tertiary/aromatic N) is 1. The van der Waals surface area contributed by atoms with Crippen molar-refractivity contribution in [2.45, 2.75) is 51.1 Å². The number of rotatable bonds is 3. The molecule has 1 saturated carbocycles. The number of hydrogen-bond acceptors (Lipinski definition) is 4. The molecule has 3 heterocycles. The molecule has 5 rings (SSSR count). The van der Waals surface area contributed by atoms with Crippen LogP contribution < -0.4 is 4.74 Å². The first-order valence-corrected chi connectivity index (χ1v) is 10.3. The summed E-state index contributed by atoms with van der Waals surface area (Å²) in [7, 11) is 1.66. The molecule has 0 bridgehead atoms. The van der Waals surface area contributed by atoms with Crippen LogP contribution in [0, 0.1) is 5.92 Å². The molecule has 1 aromatic carbocycles. The number of thiophene rings is 1. The highest BCUT2D eigenvalue weighted by Crippen LogP contribution is 2.45. The number of aryl methyl sites for hydroxylation is 1. The van der Waals surface area contributed by atoms with Crippen molar-refractivity contribution in [3.63, 3.8) is 0 Å². The zero-order valence-electron chi connectivity index (χ0n) is 14.8. The standard InChI is InChI=1S/C21H25NO2S/c1-24-21-17-12-22-9-8-20-16(11-15(25-20)10-13-2-3-13)18(22)6-4-14(17)5-7-19(21)23/h5,7,11,13,18,23H,2-4,6,8-10,12H2,1H3/t18-/m0/s1. The van der Waals surface area contributed by atoms with Crippen LogP contribution in [0.15, 0.2) is 18.2 Å². The average Bonchev–Trinajstić information content (AvgIpc) is 3.35. The van der Waals surface area contributed by atoms with E-state index in [1.54, 1.807) is 28.5 Å². The van der Waals surface area contributed by atoms with E-state index in [-0.39, 0.29) is 5.75 Å². The van der Waals surface area contributed by atoms with Crippen LogP contribution >= 0.6 is 11.3 Å². The number of phenolic OH excluding ortho intramolecular Hbond substituents is 1. The van der Waals surface area contributed by atoms with Gasteiger partial charge in [0.2, 0.25) is 0 Å². The van der Waals surface area contributed by atoms with E-state index in [9.17, 15) is 5.11 Å². The lowest BCUT2D eigenvalue weighted by Crippen LogP contribution is -2.33. The van der Waals surface area contributed by atoms with Gasteiger partial charge in [-0.3, -0.25) is 4.90 Å². The first kappa shape index (κ1) is 15.7. The third-order valence-corrected chi connectivity index (χ3v) is 7.33. The fraction of sp³-hybridized carbons (Fsp3) is 0.524. The molecule has 0 radical (unpaired) electrons. The van der Waals surface area contributed by atoms with Crippen LogP contribution in [0.2, 0.25) is 0 Å². The molecule has 0 saturated heterocycles. The van der Waals surface area contributed by atoms with E-state index in [2.05, 4.69) is 28.4 Å². The molecule has 132 valence electrons. The lowest BCUT2D eigenvalue weighted by Gasteiger charge is -2.34. The zero-order valence-corrected chi connectivity index (χ0v) is 15.6. The Morgan fingerprint density at radius 2 is 2.12 bits per heavy atom. The van der Waals surface area contributed by atoms with E-state index >= 15 is 0 Å². The molecule has 4 heteroatoms. The lowest BCUT2D eigenvalue weighted by atomic mass is 9.95. The maximum atomic E-state index is 10.2. The number of benzene rings is 1. The lowest BCUT2D eigenvalue weighted by molar-refractivity contribution is 0.173. The van der Waals surface area contributed by atoms with Crippen molar-refractivity contribution in [3.05, 3.63) is 44.6 Å². The van der Waals surface area contributed by atoms with Crippen LogP contribution in [-0.4, -0.2) is 23.7 Å². The summed E-state index contributed by atoms with van der Waals surface area (Å²) in [6.45, 7) is 1.99. The van der Waals surface area contributed by atoms with Crippen molar-refractivity contribution in [1.82, 2.24) is 4.90 Å². The quantitative estimate of drug-likeness (QED) is 0.882. The molecule has 3 aliphatic rings. The number of hydrogen-bond donors (Lipinski definition) is 1. The monoisotopic (exact) mass is 355 g/mol. The minimum Gasteiger partial charge on any atom is -0.504 e. The van der Waals surface area contributed by atoms with Crippen molar-refractivity contribution < 1.29 is 9.84 Å². The molecule has 1 fully saturated rings. The van der Waals surface area contributed by atoms with E-state index in [1.165, 1.54) is 30.4 Å². The van der Waals surface area contributed by atoms with Crippen molar-refractivity contribution in [1.29, 1.82) is 0 Å². The van der Waals surface area contributed by atoms with Crippen LogP contribution in [0.1, 0.15) is 51.7 Å². The number of aromatic hydroxyl groups is 1. The molecule has 1 aliphatic carbocycles. The van der Waals surface area contributed by atoms with E-state index in [0.717, 1.165) is 38.3 Å². The third kappa shape index (κ3) is 2.76. The normalized spacial score (nSPS) is 22.7. The van der Waals surface area contributed by atoms with E-state index < -0.39 is 0 Å². The van der Waals surface area contributed by atoms with Gasteiger partial charge in [0.15, 0.2) is 11.5 Å². The molecule has 2 aromatic rings. The van der Waals surface area contributed by atoms with Crippen LogP contribution in [0.5, 0.6) is 11.5 Å². The maximum Gasteiger partial charge on any atom is 0.165 e. The summed E-state index contributed by atoms with van der Waals surface area (Å²) < 4.78 is 5.53. The molecule has 0 unspecified atom stereocenters. The Morgan fingerprint density at radius 3 is 2.92 bits per heavy atom. The molecule has 1 atom stereocenters. The largest absolute Gasteiger partial charge is 0.504 e. The van der Waals surface area contributed by atoms with Gasteiger partial charge in [-0.2, -0.15) is 0 Å². The summed E-state index contributed by atoms with van der Waals surface area (Å²) in [4.78, 5) is 5.83. The second-order valence-corrected chi connectivity index (χ2v) is 8.99. The zero-order chi connectivity index (χ0) is 17.0. The topological polar surface area (TPSA) is 32.7 Å². The summed E-state index contributed by atoms with van der Waals surface area (Å²) in [6, 6.07) is 6.90. The van der Waals surface area contributed by atoms with E-state index in [1.807, 2.05) is 0 Å². The van der Waals surface area contributed by atoms with Gasteiger partial charge < -0.3 is 9.84 Å². The Morgan fingerprint density at radius 1 is 1.24 bits per heavy atom. The summed E-state index contributed by atoms with van der Waals surface area (Å²) in [5.41, 5.74) is 4.10. The summed E-state index contributed by atoms with van der Waals surface area (Å²) >= 11 is 2.07. The first-order chi connectivity index (χ1) is 12.2. The predicted molar refractivity (Wildman–Crippen MR) is 101 cm³/mol. The van der Waals surface area contributed by atoms with Gasteiger partial charge in [-0.1, -0.05) is 6.07 Å². The van der Waals surface area contributed by atoms with Gasteiger partial charge in [0.05, 0.1) is 7.11 Å². The highest BCUT2D eigenvalue weighted by atomic mass is 32.1. The number of ether oxygens (including phenoxy) is 1. The Hall–Kier alpha value is -1.52. The third-order valence-electron chi connectivity index (χ3n) is 6.09. The summed E-state index contributed by atoms with van der Waals surface area (Å²) in [5.74, 6) is 1.89. The van der Waals surface area contributed by atoms with Gasteiger partial charge in [0.1, 0.15) is 0 Å². The van der Waals surface area contributed by atoms with Gasteiger partial charge >= 0.3 is 0 Å². The van der Waals surface area contributed by atoms with Crippen molar-refractivity contribution in [3.8, 4) is 11.5 Å². The van der Waals surface area contributed by atoms with Crippen LogP contribution in [0.4, 0.5) is 0 Å². The molecule has 0 spiro atoms. The molecule has 25 heavy (non-hydrogen) atoms. The van der Waals surface area contributed by atoms with Gasteiger partial charge in [-0.05, 0) is 67.7 Å². The fourth-order valence-electron chi connectivity index (χ4n) is 4.60. The van der Waals surface area contributed by atoms with Crippen LogP contribution in [0.3, 0.4) is 0 Å². The average molecular weight is 356 g/mol. The predicted octanol–water partition coefficient (Wildman–Crippen LogP) is 4.46. The van der Waals surface area contributed by atoms with Gasteiger partial charge in [0, 0.05) is 34.4 Å². The second-order valence-electron chi connectivity index (χ2n) is 7.77. The number of phenols is 1. The minimum absolute atomic E-state index is 0.264. The summed E-state index contributed by atoms with van der Waals surface area (Å²) in [5, 5.41) is 10.2. The van der Waals surface area contributed by atoms with Crippen LogP contribution in [-0.2, 0) is 25.8 Å². The summed E-state index contributed by atoms with van der Waals surface area (Å²) in [6.07, 6.45) is 7.53. The Balaban J connectivity index is 1.47. The Labute approximate surface area is 153 Å². The minimum atomic E-state index is 0.264. The number of methoxy groups -OCH3 is 1. The number of fused-ring (bicyclic) bond motifs is 4. The molecule has 1 N–H and O–H groups in total. The SMILES string of the molecule is COc1c(O)ccc2c1CN1CCc3sc(CC4CC4)cc3[C@@H]1CC2. The van der Waals surface area contributed by atoms with E-state index in [4.69, 9.17) is 4.74 Å². The molecular formula is C21H25NO2S. The smallest absolute Gasteiger partial charge is 0.165 e. The van der Waals surface area contributed by atoms with E-state index in [0.29, 0.717) is 11.8 Å². The van der Waals surface area contributed by atoms with Crippen molar-refractivity contribution in [2.75, 3.05) is 13.7 Å². The molecule has 2 aliphatic heterocycles. The first-order valence-electron chi connectivity index (χ1n) is 9.46. The van der Waals surface area contributed by atoms with Crippen molar-refractivity contribution in [2.24, 2.45) is 5.92 Å². The molecule has 0 amide bonds. The second kappa shape index (κ2) is 6.03. The maximum absolute atomic E-state index is 10.2. The molecule has 1 aromatic heterocycles. The molecular weight excluding hydrogens is 330 g/mol. The van der Waals surface area contributed by atoms with Crippen LogP contribution in [0.25, 0.3) is 0 Å². The Bertz CT molecular complexity index is 808. The van der Waals surface area contributed by atoms with Gasteiger partial charge in [-0.15, -0.1) is 11.3 Å². The highest BCUT2D eigenvalue weighted by molar-refractivity contribution is 7.12. The van der Waals surface area contributed by atoms with Gasteiger partial charge in [-0.25, -0.2) is 0 Å². The Kier molecular flexibility index (Phi) is 3.79. The highest BCUT2D eigenvalue weighted by Gasteiger charge is 2.33. The fourth-order valence-corrected chi connectivity index (χ4v) is 5.92. The molecule has 3 nitrogen and oxygen atoms in total.